The fraction of sp³-hybridized carbons (Fsp3) is 0.571. The number of aryl methyl sites for hydroxylation is 2. The first-order valence-electron chi connectivity index (χ1n) is 8.16. The van der Waals surface area contributed by atoms with Gasteiger partial charge in [-0.25, -0.2) is 0 Å². The summed E-state index contributed by atoms with van der Waals surface area (Å²) in [5.41, 5.74) is -0.0533. The van der Waals surface area contributed by atoms with E-state index in [4.69, 9.17) is 18.1 Å². The van der Waals surface area contributed by atoms with Gasteiger partial charge in [0.05, 0.1) is 0 Å². The van der Waals surface area contributed by atoms with Crippen molar-refractivity contribution < 1.29 is 55.9 Å². The molecule has 0 amide bonds. The second-order valence-corrected chi connectivity index (χ2v) is 15.2. The highest BCUT2D eigenvalue weighted by Crippen LogP contribution is 2.80. The summed E-state index contributed by atoms with van der Waals surface area (Å²) in [6, 6.07) is 2.36. The molecule has 174 valence electrons. The third-order valence-electron chi connectivity index (χ3n) is 4.51. The normalized spacial score (nSPS) is 14.0. The zero-order valence-corrected chi connectivity index (χ0v) is 20.7. The van der Waals surface area contributed by atoms with Crippen LogP contribution in [0.15, 0.2) is 12.1 Å². The van der Waals surface area contributed by atoms with Gasteiger partial charge in [-0.05, 0) is 36.1 Å². The van der Waals surface area contributed by atoms with Crippen molar-refractivity contribution in [3.63, 3.8) is 0 Å². The highest BCUT2D eigenvalue weighted by Gasteiger charge is 2.54. The molecule has 0 heterocycles. The average Bonchev–Trinajstić information content (AvgIpc) is 2.62. The van der Waals surface area contributed by atoms with Crippen LogP contribution in [0.1, 0.15) is 33.1 Å². The molecule has 12 nitrogen and oxygen atoms in total. The molecule has 0 aromatic heterocycles. The summed E-state index contributed by atoms with van der Waals surface area (Å²) < 4.78 is 70.5. The predicted molar refractivity (Wildman–Crippen MR) is 109 cm³/mol. The van der Waals surface area contributed by atoms with Gasteiger partial charge in [-0.2, -0.15) is 0 Å². The molecular formula is C14H26O12P4. The van der Waals surface area contributed by atoms with Crippen LogP contribution in [0, 0.1) is 13.8 Å². The van der Waals surface area contributed by atoms with Crippen molar-refractivity contribution >= 4 is 30.4 Å². The van der Waals surface area contributed by atoms with E-state index in [1.807, 2.05) is 0 Å². The van der Waals surface area contributed by atoms with Crippen molar-refractivity contribution in [2.75, 3.05) is 28.4 Å². The Hall–Kier alpha value is -0.180. The zero-order chi connectivity index (χ0) is 23.7. The lowest BCUT2D eigenvalue weighted by Crippen LogP contribution is -2.13. The van der Waals surface area contributed by atoms with Crippen LogP contribution in [0.3, 0.4) is 0 Å². The topological polar surface area (TPSA) is 186 Å². The van der Waals surface area contributed by atoms with Gasteiger partial charge in [-0.1, -0.05) is 12.1 Å². The molecule has 0 saturated carbocycles. The zero-order valence-electron chi connectivity index (χ0n) is 17.2. The van der Waals surface area contributed by atoms with Crippen LogP contribution in [0.5, 0.6) is 0 Å². The van der Waals surface area contributed by atoms with E-state index in [-0.39, 0.29) is 5.56 Å². The van der Waals surface area contributed by atoms with E-state index < -0.39 is 46.7 Å². The molecule has 0 unspecified atom stereocenters. The summed E-state index contributed by atoms with van der Waals surface area (Å²) in [5, 5.41) is -4.52. The monoisotopic (exact) mass is 510 g/mol. The second kappa shape index (κ2) is 9.75. The van der Waals surface area contributed by atoms with Gasteiger partial charge in [0.25, 0.3) is 0 Å². The van der Waals surface area contributed by atoms with Gasteiger partial charge in [0.15, 0.2) is 10.8 Å². The van der Waals surface area contributed by atoms with Gasteiger partial charge in [0.1, 0.15) is 0 Å². The highest BCUT2D eigenvalue weighted by molar-refractivity contribution is 7.72. The molecule has 30 heavy (non-hydrogen) atoms. The first kappa shape index (κ1) is 27.9. The van der Waals surface area contributed by atoms with Crippen LogP contribution >= 0.6 is 30.4 Å². The van der Waals surface area contributed by atoms with E-state index in [0.717, 1.165) is 34.5 Å². The van der Waals surface area contributed by atoms with Crippen molar-refractivity contribution in [3.8, 4) is 0 Å². The van der Waals surface area contributed by atoms with E-state index in [1.165, 1.54) is 13.0 Å². The van der Waals surface area contributed by atoms with Gasteiger partial charge in [0.2, 0.25) is 0 Å². The summed E-state index contributed by atoms with van der Waals surface area (Å²) in [5.74, 6) is 0. The predicted octanol–water partition coefficient (Wildman–Crippen LogP) is 3.63. The molecule has 1 aromatic rings. The quantitative estimate of drug-likeness (QED) is 0.336. The Morgan fingerprint density at radius 1 is 0.633 bits per heavy atom. The summed E-state index contributed by atoms with van der Waals surface area (Å²) in [4.78, 5) is 38.9. The van der Waals surface area contributed by atoms with Gasteiger partial charge < -0.3 is 37.7 Å². The lowest BCUT2D eigenvalue weighted by atomic mass is 10.0. The summed E-state index contributed by atoms with van der Waals surface area (Å²) in [6.45, 7) is 3.12. The maximum Gasteiger partial charge on any atom is 0.349 e. The third kappa shape index (κ3) is 5.59. The molecule has 1 aromatic carbocycles. The first-order chi connectivity index (χ1) is 13.5. The largest absolute Gasteiger partial charge is 0.349 e. The lowest BCUT2D eigenvalue weighted by molar-refractivity contribution is 0.247. The molecule has 4 N–H and O–H groups in total. The number of hydrogen-bond acceptors (Lipinski definition) is 8. The van der Waals surface area contributed by atoms with Gasteiger partial charge in [-0.3, -0.25) is 18.3 Å². The SMILES string of the molecule is COP(=O)(OC)C(c1cc(C)c(C)cc1C(P(=O)(O)O)P(=O)(O)O)P(=O)(OC)OC. The number of benzene rings is 1. The summed E-state index contributed by atoms with van der Waals surface area (Å²) >= 11 is 0. The maximum absolute atomic E-state index is 13.3. The Balaban J connectivity index is 4.21. The molecule has 0 atom stereocenters. The minimum atomic E-state index is -5.47. The Labute approximate surface area is 174 Å². The van der Waals surface area contributed by atoms with E-state index in [9.17, 15) is 37.8 Å². The highest BCUT2D eigenvalue weighted by atomic mass is 31.2. The Bertz CT molecular complexity index is 900. The van der Waals surface area contributed by atoms with Crippen LogP contribution in [-0.2, 0) is 36.4 Å². The third-order valence-corrected chi connectivity index (χ3v) is 13.6. The van der Waals surface area contributed by atoms with Gasteiger partial charge in [0, 0.05) is 28.4 Å². The van der Waals surface area contributed by atoms with Crippen LogP contribution in [0.25, 0.3) is 0 Å². The van der Waals surface area contributed by atoms with E-state index in [1.54, 1.807) is 6.92 Å². The van der Waals surface area contributed by atoms with Crippen LogP contribution in [0.4, 0.5) is 0 Å². The lowest BCUT2D eigenvalue weighted by Gasteiger charge is -2.32. The number of rotatable bonds is 10. The molecule has 0 aliphatic rings. The Morgan fingerprint density at radius 2 is 0.900 bits per heavy atom. The minimum Gasteiger partial charge on any atom is -0.324 e. The van der Waals surface area contributed by atoms with Crippen LogP contribution < -0.4 is 0 Å². The average molecular weight is 510 g/mol. The van der Waals surface area contributed by atoms with Crippen molar-refractivity contribution in [2.45, 2.75) is 24.6 Å². The Morgan fingerprint density at radius 3 is 1.13 bits per heavy atom. The minimum absolute atomic E-state index is 0.367. The molecule has 0 spiro atoms. The number of hydrogen-bond donors (Lipinski definition) is 4. The molecule has 16 heteroatoms. The van der Waals surface area contributed by atoms with Crippen LogP contribution in [0.2, 0.25) is 0 Å². The fourth-order valence-electron chi connectivity index (χ4n) is 2.93. The van der Waals surface area contributed by atoms with Crippen molar-refractivity contribution in [1.82, 2.24) is 0 Å². The molecular weight excluding hydrogens is 484 g/mol. The van der Waals surface area contributed by atoms with Crippen LogP contribution in [-0.4, -0.2) is 48.0 Å². The van der Waals surface area contributed by atoms with E-state index in [2.05, 4.69) is 0 Å². The Kier molecular flexibility index (Phi) is 9.06. The molecule has 0 aliphatic carbocycles. The van der Waals surface area contributed by atoms with Gasteiger partial charge >= 0.3 is 30.4 Å². The molecule has 0 aliphatic heterocycles. The van der Waals surface area contributed by atoms with Crippen molar-refractivity contribution in [2.24, 2.45) is 0 Å². The van der Waals surface area contributed by atoms with Gasteiger partial charge in [-0.15, -0.1) is 0 Å². The maximum atomic E-state index is 13.3. The van der Waals surface area contributed by atoms with E-state index >= 15 is 0 Å². The molecule has 0 radical (unpaired) electrons. The van der Waals surface area contributed by atoms with E-state index in [0.29, 0.717) is 11.1 Å². The summed E-state index contributed by atoms with van der Waals surface area (Å²) in [6.07, 6.45) is 0. The van der Waals surface area contributed by atoms with Crippen molar-refractivity contribution in [3.05, 3.63) is 34.4 Å². The summed E-state index contributed by atoms with van der Waals surface area (Å²) in [7, 11) is -15.8. The standard InChI is InChI=1S/C14H26O12P4/c1-9-7-11(13(27(15,16)17)28(18,19)20)12(8-10(9)2)14(29(21,23-3)24-4)30(22,25-5)26-6/h7-8,13-14H,1-6H3,(H2,15,16,17)(H2,18,19,20). The molecule has 1 rings (SSSR count). The van der Waals surface area contributed by atoms with Crippen molar-refractivity contribution in [1.29, 1.82) is 0 Å². The fourth-order valence-corrected chi connectivity index (χ4v) is 10.4. The molecule has 0 saturated heterocycles. The second-order valence-electron chi connectivity index (χ2n) is 6.30. The first-order valence-corrected chi connectivity index (χ1v) is 14.7. The molecule has 0 fully saturated rings. The molecule has 0 bridgehead atoms. The smallest absolute Gasteiger partial charge is 0.324 e.